The minimum Gasteiger partial charge on any atom is -0.364 e. The third-order valence-electron chi connectivity index (χ3n) is 1.35. The molecule has 0 aliphatic carbocycles. The summed E-state index contributed by atoms with van der Waals surface area (Å²) in [5, 5.41) is 0. The van der Waals surface area contributed by atoms with Crippen LogP contribution in [-0.4, -0.2) is 16.6 Å². The van der Waals surface area contributed by atoms with Crippen LogP contribution in [0.1, 0.15) is 17.4 Å². The van der Waals surface area contributed by atoms with Gasteiger partial charge in [0, 0.05) is 15.6 Å². The molecule has 0 fully saturated rings. The van der Waals surface area contributed by atoms with Crippen LogP contribution in [0.15, 0.2) is 21.6 Å². The fraction of sp³-hybridized carbons (Fsp3) is 0.250. The molecule has 3 nitrogen and oxygen atoms in total. The van der Waals surface area contributed by atoms with Crippen LogP contribution >= 0.6 is 27.7 Å². The van der Waals surface area contributed by atoms with Gasteiger partial charge < -0.3 is 5.73 Å². The molecule has 1 amide bonds. The third-order valence-corrected chi connectivity index (χ3v) is 2.70. The average Bonchev–Trinajstić information content (AvgIpc) is 2.04. The molecule has 70 valence electrons. The summed E-state index contributed by atoms with van der Waals surface area (Å²) in [4.78, 5) is 15.7. The van der Waals surface area contributed by atoms with E-state index in [1.807, 2.05) is 13.0 Å². The molecule has 0 unspecified atom stereocenters. The van der Waals surface area contributed by atoms with Crippen molar-refractivity contribution in [3.05, 3.63) is 22.4 Å². The fourth-order valence-electron chi connectivity index (χ4n) is 0.871. The molecule has 0 saturated carbocycles. The van der Waals surface area contributed by atoms with E-state index in [1.165, 1.54) is 0 Å². The number of primary amides is 1. The zero-order valence-electron chi connectivity index (χ0n) is 7.08. The van der Waals surface area contributed by atoms with E-state index < -0.39 is 5.91 Å². The number of aromatic nitrogens is 1. The summed E-state index contributed by atoms with van der Waals surface area (Å²) in [6.07, 6.45) is 1.57. The largest absolute Gasteiger partial charge is 0.364 e. The minimum atomic E-state index is -0.483. The molecule has 1 heterocycles. The standard InChI is InChI=1S/C8H9BrN2OS/c1-2-13-6-3-5(9)4-11-7(6)8(10)12/h3-4H,2H2,1H3,(H2,10,12). The first-order chi connectivity index (χ1) is 6.15. The highest BCUT2D eigenvalue weighted by Gasteiger charge is 2.09. The number of halogens is 1. The van der Waals surface area contributed by atoms with Gasteiger partial charge in [-0.25, -0.2) is 4.98 Å². The summed E-state index contributed by atoms with van der Waals surface area (Å²) in [5.41, 5.74) is 5.51. The number of hydrogen-bond donors (Lipinski definition) is 1. The van der Waals surface area contributed by atoms with Crippen LogP contribution < -0.4 is 5.73 Å². The maximum Gasteiger partial charge on any atom is 0.268 e. The van der Waals surface area contributed by atoms with E-state index >= 15 is 0 Å². The van der Waals surface area contributed by atoms with Crippen molar-refractivity contribution >= 4 is 33.6 Å². The zero-order valence-corrected chi connectivity index (χ0v) is 9.48. The van der Waals surface area contributed by atoms with Gasteiger partial charge in [-0.1, -0.05) is 6.92 Å². The van der Waals surface area contributed by atoms with E-state index in [-0.39, 0.29) is 0 Å². The number of carbonyl (C=O) groups excluding carboxylic acids is 1. The van der Waals surface area contributed by atoms with Crippen molar-refractivity contribution in [2.24, 2.45) is 5.73 Å². The smallest absolute Gasteiger partial charge is 0.268 e. The number of carbonyl (C=O) groups is 1. The van der Waals surface area contributed by atoms with Gasteiger partial charge in [0.05, 0.1) is 0 Å². The number of rotatable bonds is 3. The number of hydrogen-bond acceptors (Lipinski definition) is 3. The lowest BCUT2D eigenvalue weighted by Gasteiger charge is -2.03. The van der Waals surface area contributed by atoms with Crippen LogP contribution in [0.3, 0.4) is 0 Å². The van der Waals surface area contributed by atoms with Gasteiger partial charge in [0.15, 0.2) is 0 Å². The van der Waals surface area contributed by atoms with Crippen LogP contribution in [0.25, 0.3) is 0 Å². The van der Waals surface area contributed by atoms with Gasteiger partial charge in [0.1, 0.15) is 5.69 Å². The second-order valence-corrected chi connectivity index (χ2v) is 4.52. The predicted molar refractivity (Wildman–Crippen MR) is 56.9 cm³/mol. The van der Waals surface area contributed by atoms with Crippen molar-refractivity contribution in [2.45, 2.75) is 11.8 Å². The molecule has 0 aliphatic rings. The Kier molecular flexibility index (Phi) is 3.74. The highest BCUT2D eigenvalue weighted by Crippen LogP contribution is 2.23. The molecule has 2 N–H and O–H groups in total. The van der Waals surface area contributed by atoms with Crippen molar-refractivity contribution in [1.29, 1.82) is 0 Å². The maximum atomic E-state index is 10.9. The highest BCUT2D eigenvalue weighted by atomic mass is 79.9. The monoisotopic (exact) mass is 260 g/mol. The summed E-state index contributed by atoms with van der Waals surface area (Å²) in [7, 11) is 0. The van der Waals surface area contributed by atoms with E-state index in [9.17, 15) is 4.79 Å². The van der Waals surface area contributed by atoms with Crippen LogP contribution in [0, 0.1) is 0 Å². The Hall–Kier alpha value is -0.550. The first-order valence-corrected chi connectivity index (χ1v) is 5.51. The van der Waals surface area contributed by atoms with E-state index in [1.54, 1.807) is 18.0 Å². The summed E-state index contributed by atoms with van der Waals surface area (Å²) in [5.74, 6) is 0.404. The Morgan fingerprint density at radius 1 is 1.77 bits per heavy atom. The number of nitrogens with zero attached hydrogens (tertiary/aromatic N) is 1. The minimum absolute atomic E-state index is 0.343. The van der Waals surface area contributed by atoms with Crippen molar-refractivity contribution in [3.63, 3.8) is 0 Å². The third kappa shape index (κ3) is 2.70. The molecular formula is C8H9BrN2OS. The number of thioether (sulfide) groups is 1. The molecule has 0 aliphatic heterocycles. The lowest BCUT2D eigenvalue weighted by Crippen LogP contribution is -2.14. The molecule has 1 aromatic heterocycles. The summed E-state index contributed by atoms with van der Waals surface area (Å²) < 4.78 is 0.855. The van der Waals surface area contributed by atoms with Gasteiger partial charge in [-0.3, -0.25) is 4.79 Å². The van der Waals surface area contributed by atoms with Crippen LogP contribution in [-0.2, 0) is 0 Å². The van der Waals surface area contributed by atoms with Crippen LogP contribution in [0.4, 0.5) is 0 Å². The Balaban J connectivity index is 3.10. The Morgan fingerprint density at radius 2 is 2.46 bits per heavy atom. The summed E-state index contributed by atoms with van der Waals surface area (Å²) in [6, 6.07) is 1.85. The number of pyridine rings is 1. The Morgan fingerprint density at radius 3 is 3.00 bits per heavy atom. The molecule has 13 heavy (non-hydrogen) atoms. The van der Waals surface area contributed by atoms with Gasteiger partial charge in [0.2, 0.25) is 0 Å². The Bertz CT molecular complexity index is 330. The van der Waals surface area contributed by atoms with Gasteiger partial charge in [-0.2, -0.15) is 0 Å². The average molecular weight is 261 g/mol. The molecule has 1 rings (SSSR count). The summed E-state index contributed by atoms with van der Waals surface area (Å²) >= 11 is 4.84. The van der Waals surface area contributed by atoms with E-state index in [0.717, 1.165) is 15.1 Å². The fourth-order valence-corrected chi connectivity index (χ4v) is 2.17. The van der Waals surface area contributed by atoms with Gasteiger partial charge in [-0.05, 0) is 27.7 Å². The molecule has 1 aromatic rings. The zero-order chi connectivity index (χ0) is 9.84. The van der Waals surface area contributed by atoms with Crippen LogP contribution in [0.2, 0.25) is 0 Å². The van der Waals surface area contributed by atoms with E-state index in [2.05, 4.69) is 20.9 Å². The molecule has 0 aromatic carbocycles. The molecule has 5 heteroatoms. The molecule has 0 spiro atoms. The molecular weight excluding hydrogens is 252 g/mol. The Labute approximate surface area is 89.2 Å². The molecule has 0 saturated heterocycles. The molecule has 0 bridgehead atoms. The lowest BCUT2D eigenvalue weighted by molar-refractivity contribution is 0.0992. The normalized spacial score (nSPS) is 10.0. The van der Waals surface area contributed by atoms with Gasteiger partial charge in [-0.15, -0.1) is 11.8 Å². The van der Waals surface area contributed by atoms with Crippen molar-refractivity contribution in [1.82, 2.24) is 4.98 Å². The summed E-state index contributed by atoms with van der Waals surface area (Å²) in [6.45, 7) is 2.01. The number of nitrogens with two attached hydrogens (primary N) is 1. The van der Waals surface area contributed by atoms with Crippen molar-refractivity contribution < 1.29 is 4.79 Å². The first-order valence-electron chi connectivity index (χ1n) is 3.73. The van der Waals surface area contributed by atoms with E-state index in [4.69, 9.17) is 5.73 Å². The lowest BCUT2D eigenvalue weighted by atomic mass is 10.3. The van der Waals surface area contributed by atoms with Gasteiger partial charge in [0.25, 0.3) is 5.91 Å². The topological polar surface area (TPSA) is 56.0 Å². The van der Waals surface area contributed by atoms with Gasteiger partial charge >= 0.3 is 0 Å². The predicted octanol–water partition coefficient (Wildman–Crippen LogP) is 2.06. The highest BCUT2D eigenvalue weighted by molar-refractivity contribution is 9.10. The maximum absolute atomic E-state index is 10.9. The quantitative estimate of drug-likeness (QED) is 0.847. The van der Waals surface area contributed by atoms with Crippen molar-refractivity contribution in [3.8, 4) is 0 Å². The second kappa shape index (κ2) is 4.62. The molecule has 0 radical (unpaired) electrons. The SMILES string of the molecule is CCSc1cc(Br)cnc1C(N)=O. The van der Waals surface area contributed by atoms with E-state index in [0.29, 0.717) is 5.69 Å². The first kappa shape index (κ1) is 10.5. The molecule has 0 atom stereocenters. The van der Waals surface area contributed by atoms with Crippen LogP contribution in [0.5, 0.6) is 0 Å². The number of amides is 1. The second-order valence-electron chi connectivity index (χ2n) is 2.30. The van der Waals surface area contributed by atoms with Crippen molar-refractivity contribution in [2.75, 3.05) is 5.75 Å².